The minimum Gasteiger partial charge on any atom is -0.414 e. The smallest absolute Gasteiger partial charge is 0.192 e. The Morgan fingerprint density at radius 1 is 1.30 bits per heavy atom. The largest absolute Gasteiger partial charge is 0.414 e. The van der Waals surface area contributed by atoms with Gasteiger partial charge in [0, 0.05) is 9.77 Å². The number of ether oxygens (including phenoxy) is 1. The monoisotopic (exact) mass is 525 g/mol. The Balaban J connectivity index is 1.83. The molecule has 27 heavy (non-hydrogen) atoms. The molecule has 2 aromatic heterocycles. The van der Waals surface area contributed by atoms with Gasteiger partial charge in [-0.05, 0) is 40.7 Å². The number of hydrogen-bond donors (Lipinski definition) is 2. The molecule has 1 fully saturated rings. The van der Waals surface area contributed by atoms with Gasteiger partial charge >= 0.3 is 0 Å². The Bertz CT molecular complexity index is 841. The molecule has 2 aromatic rings. The molecule has 7 nitrogen and oxygen atoms in total. The van der Waals surface area contributed by atoms with Crippen molar-refractivity contribution < 1.29 is 19.4 Å². The van der Waals surface area contributed by atoms with E-state index in [0.717, 1.165) is 3.57 Å². The molecular formula is C17H25ClIN3O4Si. The lowest BCUT2D eigenvalue weighted by atomic mass is 10.1. The summed E-state index contributed by atoms with van der Waals surface area (Å²) in [7, 11) is -1.99. The van der Waals surface area contributed by atoms with Crippen molar-refractivity contribution in [1.82, 2.24) is 14.5 Å². The summed E-state index contributed by atoms with van der Waals surface area (Å²) in [6.07, 6.45) is -0.377. The highest BCUT2D eigenvalue weighted by atomic mass is 127. The van der Waals surface area contributed by atoms with E-state index in [2.05, 4.69) is 66.4 Å². The zero-order chi connectivity index (χ0) is 20.1. The van der Waals surface area contributed by atoms with E-state index in [1.165, 1.54) is 6.33 Å². The summed E-state index contributed by atoms with van der Waals surface area (Å²) in [6.45, 7) is 11.0. The molecule has 1 aliphatic rings. The molecular weight excluding hydrogens is 501 g/mol. The van der Waals surface area contributed by atoms with Crippen LogP contribution in [0.2, 0.25) is 23.3 Å². The number of rotatable bonds is 4. The first kappa shape index (κ1) is 21.4. The fraction of sp³-hybridized carbons (Fsp3) is 0.647. The van der Waals surface area contributed by atoms with E-state index in [0.29, 0.717) is 16.2 Å². The lowest BCUT2D eigenvalue weighted by Gasteiger charge is -2.37. The van der Waals surface area contributed by atoms with Gasteiger partial charge in [0.25, 0.3) is 0 Å². The third kappa shape index (κ3) is 3.92. The van der Waals surface area contributed by atoms with Crippen LogP contribution < -0.4 is 0 Å². The maximum atomic E-state index is 10.6. The first-order valence-electron chi connectivity index (χ1n) is 8.76. The number of aliphatic hydroxyl groups is 2. The van der Waals surface area contributed by atoms with E-state index in [4.69, 9.17) is 20.8 Å². The van der Waals surface area contributed by atoms with E-state index in [1.807, 2.05) is 0 Å². The van der Waals surface area contributed by atoms with Gasteiger partial charge in [-0.3, -0.25) is 0 Å². The lowest BCUT2D eigenvalue weighted by molar-refractivity contribution is -0.0489. The average molecular weight is 526 g/mol. The zero-order valence-electron chi connectivity index (χ0n) is 16.0. The third-order valence-corrected chi connectivity index (χ3v) is 11.1. The Labute approximate surface area is 178 Å². The van der Waals surface area contributed by atoms with Gasteiger partial charge in [0.05, 0.1) is 12.0 Å². The second-order valence-corrected chi connectivity index (χ2v) is 14.7. The maximum absolute atomic E-state index is 10.6. The Morgan fingerprint density at radius 2 is 1.96 bits per heavy atom. The van der Waals surface area contributed by atoms with Gasteiger partial charge < -0.3 is 23.9 Å². The minimum atomic E-state index is -1.99. The van der Waals surface area contributed by atoms with Gasteiger partial charge in [0.2, 0.25) is 0 Å². The number of halogens is 2. The van der Waals surface area contributed by atoms with Crippen molar-refractivity contribution in [3.63, 3.8) is 0 Å². The molecule has 10 heteroatoms. The number of aliphatic hydroxyl groups excluding tert-OH is 2. The molecule has 150 valence electrons. The summed E-state index contributed by atoms with van der Waals surface area (Å²) >= 11 is 8.32. The highest BCUT2D eigenvalue weighted by Crippen LogP contribution is 2.39. The SMILES string of the molecule is CC(C)(C)[Si](C)(C)OC[C@@H]1O[C@@H](n2cc(I)c3c(Cl)ncnc32)[C@H](O)[C@@H]1O. The van der Waals surface area contributed by atoms with Crippen LogP contribution in [0.4, 0.5) is 0 Å². The molecule has 0 amide bonds. The quantitative estimate of drug-likeness (QED) is 0.362. The summed E-state index contributed by atoms with van der Waals surface area (Å²) in [6, 6.07) is 0. The third-order valence-electron chi connectivity index (χ3n) is 5.54. The Hall–Kier alpha value is -0.303. The van der Waals surface area contributed by atoms with Crippen LogP contribution in [0.5, 0.6) is 0 Å². The van der Waals surface area contributed by atoms with Gasteiger partial charge in [-0.1, -0.05) is 32.4 Å². The molecule has 0 radical (unpaired) electrons. The normalized spacial score (nSPS) is 26.9. The van der Waals surface area contributed by atoms with Crippen LogP contribution in [0.3, 0.4) is 0 Å². The molecule has 4 atom stereocenters. The van der Waals surface area contributed by atoms with Crippen LogP contribution in [0, 0.1) is 3.57 Å². The van der Waals surface area contributed by atoms with Crippen molar-refractivity contribution in [3.05, 3.63) is 21.2 Å². The highest BCUT2D eigenvalue weighted by Gasteiger charge is 2.46. The van der Waals surface area contributed by atoms with E-state index in [1.54, 1.807) is 10.8 Å². The lowest BCUT2D eigenvalue weighted by Crippen LogP contribution is -2.44. The number of fused-ring (bicyclic) bond motifs is 1. The second-order valence-electron chi connectivity index (χ2n) is 8.36. The zero-order valence-corrected chi connectivity index (χ0v) is 19.9. The standard InChI is InChI=1S/C17H25ClIN3O4Si/c1-17(2,3)27(4,5)25-7-10-12(23)13(24)16(26-10)22-6-9(19)11-14(18)20-8-21-15(11)22/h6,8,10,12-13,16,23-24H,7H2,1-5H3/t10-,12+,13+,16+/m0/s1. The maximum Gasteiger partial charge on any atom is 0.192 e. The summed E-state index contributed by atoms with van der Waals surface area (Å²) < 4.78 is 14.7. The van der Waals surface area contributed by atoms with Crippen LogP contribution in [0.1, 0.15) is 27.0 Å². The molecule has 0 saturated carbocycles. The van der Waals surface area contributed by atoms with Crippen molar-refractivity contribution >= 4 is 53.5 Å². The highest BCUT2D eigenvalue weighted by molar-refractivity contribution is 14.1. The van der Waals surface area contributed by atoms with Gasteiger partial charge in [-0.15, -0.1) is 0 Å². The van der Waals surface area contributed by atoms with Gasteiger partial charge in [-0.2, -0.15) is 0 Å². The van der Waals surface area contributed by atoms with Crippen LogP contribution >= 0.6 is 34.2 Å². The van der Waals surface area contributed by atoms with Crippen molar-refractivity contribution in [2.24, 2.45) is 0 Å². The molecule has 0 aliphatic carbocycles. The van der Waals surface area contributed by atoms with Crippen molar-refractivity contribution in [1.29, 1.82) is 0 Å². The number of aromatic nitrogens is 3. The van der Waals surface area contributed by atoms with Gasteiger partial charge in [-0.25, -0.2) is 9.97 Å². The van der Waals surface area contributed by atoms with Crippen LogP contribution in [0.15, 0.2) is 12.5 Å². The molecule has 2 N–H and O–H groups in total. The molecule has 1 aliphatic heterocycles. The number of nitrogens with zero attached hydrogens (tertiary/aromatic N) is 3. The van der Waals surface area contributed by atoms with E-state index in [9.17, 15) is 10.2 Å². The summed E-state index contributed by atoms with van der Waals surface area (Å²) in [5, 5.41) is 22.2. The molecule has 0 bridgehead atoms. The van der Waals surface area contributed by atoms with Gasteiger partial charge in [0.15, 0.2) is 14.5 Å². The van der Waals surface area contributed by atoms with Crippen molar-refractivity contribution in [3.8, 4) is 0 Å². The van der Waals surface area contributed by atoms with Crippen molar-refractivity contribution in [2.45, 2.75) is 63.4 Å². The predicted molar refractivity (Wildman–Crippen MR) is 114 cm³/mol. The van der Waals surface area contributed by atoms with Gasteiger partial charge in [0.1, 0.15) is 35.4 Å². The summed E-state index contributed by atoms with van der Waals surface area (Å²) in [5.74, 6) is 0. The molecule has 0 aromatic carbocycles. The fourth-order valence-electron chi connectivity index (χ4n) is 2.80. The van der Waals surface area contributed by atoms with Crippen LogP contribution in [-0.2, 0) is 9.16 Å². The fourth-order valence-corrected chi connectivity index (χ4v) is 5.00. The van der Waals surface area contributed by atoms with Crippen LogP contribution in [-0.4, -0.2) is 58.0 Å². The van der Waals surface area contributed by atoms with E-state index >= 15 is 0 Å². The Morgan fingerprint density at radius 3 is 2.59 bits per heavy atom. The number of hydrogen-bond acceptors (Lipinski definition) is 6. The summed E-state index contributed by atoms with van der Waals surface area (Å²) in [5.41, 5.74) is 0.557. The molecule has 3 heterocycles. The van der Waals surface area contributed by atoms with Crippen molar-refractivity contribution in [2.75, 3.05) is 6.61 Å². The first-order valence-corrected chi connectivity index (χ1v) is 13.1. The minimum absolute atomic E-state index is 0.0506. The second kappa shape index (κ2) is 7.51. The summed E-state index contributed by atoms with van der Waals surface area (Å²) in [4.78, 5) is 8.28. The Kier molecular flexibility index (Phi) is 5.95. The predicted octanol–water partition coefficient (Wildman–Crippen LogP) is 3.33. The van der Waals surface area contributed by atoms with E-state index < -0.39 is 32.9 Å². The molecule has 0 unspecified atom stereocenters. The molecule has 3 rings (SSSR count). The first-order chi connectivity index (χ1) is 12.4. The van der Waals surface area contributed by atoms with E-state index in [-0.39, 0.29) is 11.6 Å². The molecule has 0 spiro atoms. The van der Waals surface area contributed by atoms with Crippen LogP contribution in [0.25, 0.3) is 11.0 Å². The molecule has 1 saturated heterocycles. The topological polar surface area (TPSA) is 89.6 Å². The average Bonchev–Trinajstić information content (AvgIpc) is 3.04.